The first-order chi connectivity index (χ1) is 12.9. The third kappa shape index (κ3) is 5.20. The summed E-state index contributed by atoms with van der Waals surface area (Å²) in [5, 5.41) is 6.56. The molecule has 2 aromatic rings. The van der Waals surface area contributed by atoms with Gasteiger partial charge < -0.3 is 9.84 Å². The van der Waals surface area contributed by atoms with E-state index in [1.54, 1.807) is 6.92 Å². The highest BCUT2D eigenvalue weighted by Gasteiger charge is 2.29. The predicted octanol–water partition coefficient (Wildman–Crippen LogP) is 2.83. The molecule has 28 heavy (non-hydrogen) atoms. The van der Waals surface area contributed by atoms with Crippen molar-refractivity contribution in [2.75, 3.05) is 0 Å². The zero-order valence-electron chi connectivity index (χ0n) is 17.2. The van der Waals surface area contributed by atoms with Crippen molar-refractivity contribution in [2.24, 2.45) is 0 Å². The van der Waals surface area contributed by atoms with Gasteiger partial charge in [-0.2, -0.15) is 4.72 Å². The fourth-order valence-corrected chi connectivity index (χ4v) is 4.93. The molecule has 0 fully saturated rings. The van der Waals surface area contributed by atoms with Crippen LogP contribution in [0.4, 0.5) is 0 Å². The van der Waals surface area contributed by atoms with Gasteiger partial charge in [-0.1, -0.05) is 49.3 Å². The Balaban J connectivity index is 2.00. The third-order valence-corrected chi connectivity index (χ3v) is 6.51. The lowest BCUT2D eigenvalue weighted by Gasteiger charge is -2.29. The molecule has 0 bridgehead atoms. The molecule has 2 atom stereocenters. The highest BCUT2D eigenvalue weighted by Crippen LogP contribution is 2.28. The minimum Gasteiger partial charge on any atom is -0.360 e. The lowest BCUT2D eigenvalue weighted by atomic mass is 9.79. The first-order valence-electron chi connectivity index (χ1n) is 9.25. The standard InChI is InChI=1S/C20H29N3O4S/c1-13(12-20(5,6)17-10-8-7-9-11-17)21-19(24)15(3)23-28(25,26)18-14(2)22-27-16(18)4/h7-11,13,15,23H,12H2,1-6H3,(H,21,24)/t13?,15-/m0/s1. The van der Waals surface area contributed by atoms with E-state index in [9.17, 15) is 13.2 Å². The summed E-state index contributed by atoms with van der Waals surface area (Å²) < 4.78 is 32.4. The molecular weight excluding hydrogens is 378 g/mol. The summed E-state index contributed by atoms with van der Waals surface area (Å²) in [7, 11) is -3.90. The van der Waals surface area contributed by atoms with E-state index in [1.807, 2.05) is 25.1 Å². The van der Waals surface area contributed by atoms with E-state index in [0.717, 1.165) is 0 Å². The van der Waals surface area contributed by atoms with Crippen LogP contribution in [0.2, 0.25) is 0 Å². The van der Waals surface area contributed by atoms with Gasteiger partial charge in [-0.05, 0) is 45.1 Å². The highest BCUT2D eigenvalue weighted by atomic mass is 32.2. The third-order valence-electron chi connectivity index (χ3n) is 4.72. The second kappa shape index (κ2) is 8.45. The molecule has 0 aliphatic rings. The van der Waals surface area contributed by atoms with Crippen molar-refractivity contribution >= 4 is 15.9 Å². The SMILES string of the molecule is Cc1noc(C)c1S(=O)(=O)N[C@@H](C)C(=O)NC(C)CC(C)(C)c1ccccc1. The van der Waals surface area contributed by atoms with Crippen LogP contribution in [0.5, 0.6) is 0 Å². The monoisotopic (exact) mass is 407 g/mol. The van der Waals surface area contributed by atoms with E-state index in [4.69, 9.17) is 4.52 Å². The zero-order valence-corrected chi connectivity index (χ0v) is 18.1. The molecule has 1 heterocycles. The van der Waals surface area contributed by atoms with E-state index in [1.165, 1.54) is 19.4 Å². The maximum absolute atomic E-state index is 12.6. The molecule has 0 saturated heterocycles. The summed E-state index contributed by atoms with van der Waals surface area (Å²) in [4.78, 5) is 12.5. The second-order valence-electron chi connectivity index (χ2n) is 7.86. The molecule has 2 N–H and O–H groups in total. The molecule has 1 amide bonds. The van der Waals surface area contributed by atoms with Crippen LogP contribution in [0, 0.1) is 13.8 Å². The van der Waals surface area contributed by atoms with Crippen LogP contribution in [0.15, 0.2) is 39.8 Å². The number of carbonyl (C=O) groups is 1. The van der Waals surface area contributed by atoms with E-state index < -0.39 is 16.1 Å². The van der Waals surface area contributed by atoms with Crippen LogP contribution in [0.3, 0.4) is 0 Å². The first kappa shape index (κ1) is 22.1. The van der Waals surface area contributed by atoms with Crippen LogP contribution in [0.25, 0.3) is 0 Å². The maximum atomic E-state index is 12.6. The molecule has 1 aromatic carbocycles. The number of sulfonamides is 1. The highest BCUT2D eigenvalue weighted by molar-refractivity contribution is 7.89. The summed E-state index contributed by atoms with van der Waals surface area (Å²) in [6, 6.07) is 9.02. The van der Waals surface area contributed by atoms with Crippen LogP contribution >= 0.6 is 0 Å². The van der Waals surface area contributed by atoms with Crippen molar-refractivity contribution in [3.8, 4) is 0 Å². The van der Waals surface area contributed by atoms with E-state index >= 15 is 0 Å². The first-order valence-corrected chi connectivity index (χ1v) is 10.7. The molecule has 0 aliphatic carbocycles. The minimum absolute atomic E-state index is 0.0228. The smallest absolute Gasteiger partial charge is 0.246 e. The van der Waals surface area contributed by atoms with Gasteiger partial charge in [0.15, 0.2) is 5.76 Å². The van der Waals surface area contributed by atoms with E-state index in [2.05, 4.69) is 41.2 Å². The topological polar surface area (TPSA) is 101 Å². The van der Waals surface area contributed by atoms with E-state index in [-0.39, 0.29) is 33.7 Å². The van der Waals surface area contributed by atoms with Gasteiger partial charge in [0, 0.05) is 6.04 Å². The lowest BCUT2D eigenvalue weighted by molar-refractivity contribution is -0.123. The molecular formula is C20H29N3O4S. The van der Waals surface area contributed by atoms with Gasteiger partial charge >= 0.3 is 0 Å². The fraction of sp³-hybridized carbons (Fsp3) is 0.500. The molecule has 0 aliphatic heterocycles. The van der Waals surface area contributed by atoms with Gasteiger partial charge in [-0.25, -0.2) is 8.42 Å². The molecule has 0 spiro atoms. The Morgan fingerprint density at radius 3 is 2.32 bits per heavy atom. The molecule has 0 radical (unpaired) electrons. The van der Waals surface area contributed by atoms with Crippen LogP contribution in [-0.2, 0) is 20.2 Å². The Morgan fingerprint density at radius 1 is 1.18 bits per heavy atom. The normalized spacial score (nSPS) is 14.5. The number of aryl methyl sites for hydroxylation is 2. The van der Waals surface area contributed by atoms with Crippen molar-refractivity contribution in [3.63, 3.8) is 0 Å². The molecule has 0 saturated carbocycles. The van der Waals surface area contributed by atoms with Crippen molar-refractivity contribution in [3.05, 3.63) is 47.3 Å². The molecule has 2 rings (SSSR count). The van der Waals surface area contributed by atoms with Crippen molar-refractivity contribution in [1.82, 2.24) is 15.2 Å². The van der Waals surface area contributed by atoms with Crippen molar-refractivity contribution in [1.29, 1.82) is 0 Å². The summed E-state index contributed by atoms with van der Waals surface area (Å²) in [6.45, 7) is 10.7. The number of aromatic nitrogens is 1. The molecule has 1 unspecified atom stereocenters. The average Bonchev–Trinajstić information content (AvgIpc) is 2.94. The van der Waals surface area contributed by atoms with E-state index in [0.29, 0.717) is 6.42 Å². The number of rotatable bonds is 8. The van der Waals surface area contributed by atoms with Crippen LogP contribution in [-0.4, -0.2) is 31.6 Å². The largest absolute Gasteiger partial charge is 0.360 e. The summed E-state index contributed by atoms with van der Waals surface area (Å²) in [5.41, 5.74) is 1.31. The number of amides is 1. The molecule has 8 heteroatoms. The quantitative estimate of drug-likeness (QED) is 0.701. The number of nitrogens with one attached hydrogen (secondary N) is 2. The molecule has 1 aromatic heterocycles. The minimum atomic E-state index is -3.90. The van der Waals surface area contributed by atoms with Crippen molar-refractivity contribution < 1.29 is 17.7 Å². The Labute approximate surface area is 166 Å². The number of carbonyl (C=O) groups excluding carboxylic acids is 1. The van der Waals surface area contributed by atoms with Gasteiger partial charge in [-0.3, -0.25) is 4.79 Å². The van der Waals surface area contributed by atoms with Crippen LogP contribution in [0.1, 0.15) is 51.1 Å². The number of benzene rings is 1. The second-order valence-corrected chi connectivity index (χ2v) is 9.51. The van der Waals surface area contributed by atoms with Crippen LogP contribution < -0.4 is 10.0 Å². The van der Waals surface area contributed by atoms with Gasteiger partial charge in [0.1, 0.15) is 10.6 Å². The Bertz CT molecular complexity index is 901. The summed E-state index contributed by atoms with van der Waals surface area (Å²) in [5.74, 6) is -0.192. The predicted molar refractivity (Wildman–Crippen MR) is 107 cm³/mol. The average molecular weight is 408 g/mol. The Hall–Kier alpha value is -2.19. The van der Waals surface area contributed by atoms with Gasteiger partial charge in [-0.15, -0.1) is 0 Å². The van der Waals surface area contributed by atoms with Gasteiger partial charge in [0.25, 0.3) is 0 Å². The molecule has 154 valence electrons. The molecule has 7 nitrogen and oxygen atoms in total. The van der Waals surface area contributed by atoms with Crippen molar-refractivity contribution in [2.45, 2.75) is 70.4 Å². The summed E-state index contributed by atoms with van der Waals surface area (Å²) >= 11 is 0. The van der Waals surface area contributed by atoms with Gasteiger partial charge in [0.05, 0.1) is 6.04 Å². The number of hydrogen-bond donors (Lipinski definition) is 2. The number of nitrogens with zero attached hydrogens (tertiary/aromatic N) is 1. The van der Waals surface area contributed by atoms with Gasteiger partial charge in [0.2, 0.25) is 15.9 Å². The Kier molecular flexibility index (Phi) is 6.67. The fourth-order valence-electron chi connectivity index (χ4n) is 3.39. The lowest BCUT2D eigenvalue weighted by Crippen LogP contribution is -2.48. The zero-order chi connectivity index (χ0) is 21.1. The summed E-state index contributed by atoms with van der Waals surface area (Å²) in [6.07, 6.45) is 0.714. The maximum Gasteiger partial charge on any atom is 0.246 e. The number of hydrogen-bond acceptors (Lipinski definition) is 5. The Morgan fingerprint density at radius 2 is 1.79 bits per heavy atom.